The van der Waals surface area contributed by atoms with Crippen LogP contribution in [-0.4, -0.2) is 17.1 Å². The summed E-state index contributed by atoms with van der Waals surface area (Å²) in [6.07, 6.45) is 2.71. The third kappa shape index (κ3) is 4.52. The van der Waals surface area contributed by atoms with Crippen molar-refractivity contribution in [2.45, 2.75) is 46.3 Å². The molecule has 0 unspecified atom stereocenters. The molecule has 0 amide bonds. The third-order valence-electron chi connectivity index (χ3n) is 2.67. The smallest absolute Gasteiger partial charge is 0.233 e. The lowest BCUT2D eigenvalue weighted by atomic mass is 10.1. The Kier molecular flexibility index (Phi) is 5.22. The summed E-state index contributed by atoms with van der Waals surface area (Å²) < 4.78 is 5.78. The van der Waals surface area contributed by atoms with Gasteiger partial charge in [0.2, 0.25) is 5.88 Å². The fourth-order valence-electron chi connectivity index (χ4n) is 1.24. The van der Waals surface area contributed by atoms with Crippen LogP contribution < -0.4 is 10.1 Å². The van der Waals surface area contributed by atoms with Crippen LogP contribution in [0.5, 0.6) is 5.88 Å². The molecule has 1 rings (SSSR count). The zero-order chi connectivity index (χ0) is 12.9. The molecule has 0 aromatic carbocycles. The number of halogens is 1. The average molecular weight is 257 g/mol. The SMILES string of the molecule is CCNCc1cnc(OC(C)(C)CC)c(Cl)c1. The maximum atomic E-state index is 6.16. The van der Waals surface area contributed by atoms with Gasteiger partial charge in [-0.1, -0.05) is 25.4 Å². The summed E-state index contributed by atoms with van der Waals surface area (Å²) in [6, 6.07) is 1.90. The fourth-order valence-corrected chi connectivity index (χ4v) is 1.47. The van der Waals surface area contributed by atoms with E-state index in [-0.39, 0.29) is 5.60 Å². The van der Waals surface area contributed by atoms with Gasteiger partial charge in [-0.25, -0.2) is 4.98 Å². The summed E-state index contributed by atoms with van der Waals surface area (Å²) >= 11 is 6.16. The summed E-state index contributed by atoms with van der Waals surface area (Å²) in [7, 11) is 0. The zero-order valence-corrected chi connectivity index (χ0v) is 11.8. The molecule has 0 saturated carbocycles. The summed E-state index contributed by atoms with van der Waals surface area (Å²) in [4.78, 5) is 4.27. The van der Waals surface area contributed by atoms with E-state index in [0.717, 1.165) is 25.1 Å². The molecule has 0 aliphatic carbocycles. The minimum Gasteiger partial charge on any atom is -0.471 e. The minimum absolute atomic E-state index is 0.236. The summed E-state index contributed by atoms with van der Waals surface area (Å²) in [6.45, 7) is 9.90. The van der Waals surface area contributed by atoms with Crippen LogP contribution in [0.25, 0.3) is 0 Å². The molecule has 4 heteroatoms. The van der Waals surface area contributed by atoms with Gasteiger partial charge in [0.25, 0.3) is 0 Å². The predicted molar refractivity (Wildman–Crippen MR) is 71.6 cm³/mol. The lowest BCUT2D eigenvalue weighted by molar-refractivity contribution is 0.0991. The maximum Gasteiger partial charge on any atom is 0.233 e. The van der Waals surface area contributed by atoms with Crippen molar-refractivity contribution in [3.05, 3.63) is 22.8 Å². The minimum atomic E-state index is -0.236. The van der Waals surface area contributed by atoms with Crippen molar-refractivity contribution >= 4 is 11.6 Å². The van der Waals surface area contributed by atoms with Gasteiger partial charge in [0.15, 0.2) is 0 Å². The standard InChI is InChI=1S/C13H21ClN2O/c1-5-13(3,4)17-12-11(14)7-10(9-16-12)8-15-6-2/h7,9,15H,5-6,8H2,1-4H3. The topological polar surface area (TPSA) is 34.2 Å². The van der Waals surface area contributed by atoms with Crippen LogP contribution in [0.1, 0.15) is 39.7 Å². The van der Waals surface area contributed by atoms with Crippen molar-refractivity contribution in [1.29, 1.82) is 0 Å². The predicted octanol–water partition coefficient (Wildman–Crippen LogP) is 3.41. The molecule has 0 fully saturated rings. The van der Waals surface area contributed by atoms with Gasteiger partial charge in [0.1, 0.15) is 10.6 Å². The number of pyridine rings is 1. The van der Waals surface area contributed by atoms with Crippen molar-refractivity contribution < 1.29 is 4.74 Å². The van der Waals surface area contributed by atoms with Gasteiger partial charge in [0.05, 0.1) is 0 Å². The summed E-state index contributed by atoms with van der Waals surface area (Å²) in [5.41, 5.74) is 0.832. The van der Waals surface area contributed by atoms with Crippen LogP contribution in [-0.2, 0) is 6.54 Å². The van der Waals surface area contributed by atoms with Gasteiger partial charge in [-0.05, 0) is 38.4 Å². The van der Waals surface area contributed by atoms with E-state index < -0.39 is 0 Å². The van der Waals surface area contributed by atoms with Crippen LogP contribution >= 0.6 is 11.6 Å². The third-order valence-corrected chi connectivity index (χ3v) is 2.94. The second-order valence-corrected chi connectivity index (χ2v) is 5.03. The summed E-state index contributed by atoms with van der Waals surface area (Å²) in [5, 5.41) is 3.80. The molecule has 1 aromatic rings. The molecular formula is C13H21ClN2O. The molecule has 0 spiro atoms. The normalized spacial score (nSPS) is 11.6. The molecule has 96 valence electrons. The first kappa shape index (κ1) is 14.3. The lowest BCUT2D eigenvalue weighted by Gasteiger charge is -2.24. The monoisotopic (exact) mass is 256 g/mol. The number of ether oxygens (including phenoxy) is 1. The Morgan fingerprint density at radius 1 is 1.41 bits per heavy atom. The van der Waals surface area contributed by atoms with E-state index in [0.29, 0.717) is 10.9 Å². The molecule has 1 N–H and O–H groups in total. The van der Waals surface area contributed by atoms with Crippen LogP contribution in [0.3, 0.4) is 0 Å². The van der Waals surface area contributed by atoms with Crippen LogP contribution in [0.2, 0.25) is 5.02 Å². The second-order valence-electron chi connectivity index (χ2n) is 4.63. The Hall–Kier alpha value is -0.800. The molecule has 1 aromatic heterocycles. The van der Waals surface area contributed by atoms with Crippen LogP contribution in [0, 0.1) is 0 Å². The van der Waals surface area contributed by atoms with E-state index in [4.69, 9.17) is 16.3 Å². The van der Waals surface area contributed by atoms with Gasteiger partial charge in [-0.2, -0.15) is 0 Å². The number of aromatic nitrogens is 1. The van der Waals surface area contributed by atoms with Crippen molar-refractivity contribution in [3.8, 4) is 5.88 Å². The molecule has 0 radical (unpaired) electrons. The Balaban J connectivity index is 2.76. The van der Waals surface area contributed by atoms with Crippen molar-refractivity contribution in [2.24, 2.45) is 0 Å². The van der Waals surface area contributed by atoms with E-state index in [1.807, 2.05) is 19.9 Å². The largest absolute Gasteiger partial charge is 0.471 e. The van der Waals surface area contributed by atoms with Gasteiger partial charge < -0.3 is 10.1 Å². The van der Waals surface area contributed by atoms with Crippen LogP contribution in [0.15, 0.2) is 12.3 Å². The fraction of sp³-hybridized carbons (Fsp3) is 0.615. The van der Waals surface area contributed by atoms with E-state index in [1.165, 1.54) is 0 Å². The highest BCUT2D eigenvalue weighted by Gasteiger charge is 2.19. The Morgan fingerprint density at radius 3 is 2.65 bits per heavy atom. The molecular weight excluding hydrogens is 236 g/mol. The van der Waals surface area contributed by atoms with Crippen molar-refractivity contribution in [2.75, 3.05) is 6.54 Å². The first-order chi connectivity index (χ1) is 7.98. The number of hydrogen-bond acceptors (Lipinski definition) is 3. The highest BCUT2D eigenvalue weighted by molar-refractivity contribution is 6.31. The first-order valence-corrected chi connectivity index (χ1v) is 6.40. The quantitative estimate of drug-likeness (QED) is 0.847. The lowest BCUT2D eigenvalue weighted by Crippen LogP contribution is -2.27. The number of nitrogens with one attached hydrogen (secondary N) is 1. The molecule has 0 bridgehead atoms. The van der Waals surface area contributed by atoms with Gasteiger partial charge >= 0.3 is 0 Å². The molecule has 0 aliphatic heterocycles. The zero-order valence-electron chi connectivity index (χ0n) is 11.0. The molecule has 3 nitrogen and oxygen atoms in total. The van der Waals surface area contributed by atoms with Crippen LogP contribution in [0.4, 0.5) is 0 Å². The second kappa shape index (κ2) is 6.22. The van der Waals surface area contributed by atoms with E-state index in [9.17, 15) is 0 Å². The first-order valence-electron chi connectivity index (χ1n) is 6.02. The Bertz CT molecular complexity index is 366. The number of hydrogen-bond donors (Lipinski definition) is 1. The number of rotatable bonds is 6. The van der Waals surface area contributed by atoms with Crippen molar-refractivity contribution in [1.82, 2.24) is 10.3 Å². The van der Waals surface area contributed by atoms with Gasteiger partial charge in [-0.3, -0.25) is 0 Å². The van der Waals surface area contributed by atoms with Crippen molar-refractivity contribution in [3.63, 3.8) is 0 Å². The molecule has 0 aliphatic rings. The van der Waals surface area contributed by atoms with E-state index in [1.54, 1.807) is 6.20 Å². The molecule has 0 atom stereocenters. The van der Waals surface area contributed by atoms with E-state index in [2.05, 4.69) is 24.1 Å². The Morgan fingerprint density at radius 2 is 2.12 bits per heavy atom. The molecule has 0 saturated heterocycles. The maximum absolute atomic E-state index is 6.16. The number of nitrogens with zero attached hydrogens (tertiary/aromatic N) is 1. The summed E-state index contributed by atoms with van der Waals surface area (Å²) in [5.74, 6) is 0.513. The average Bonchev–Trinajstić information content (AvgIpc) is 2.29. The highest BCUT2D eigenvalue weighted by atomic mass is 35.5. The van der Waals surface area contributed by atoms with Gasteiger partial charge in [-0.15, -0.1) is 0 Å². The molecule has 1 heterocycles. The van der Waals surface area contributed by atoms with Gasteiger partial charge in [0, 0.05) is 12.7 Å². The molecule has 17 heavy (non-hydrogen) atoms. The highest BCUT2D eigenvalue weighted by Crippen LogP contribution is 2.27. The Labute approximate surface area is 109 Å². The van der Waals surface area contributed by atoms with E-state index >= 15 is 0 Å².